The number of pyridine rings is 1. The summed E-state index contributed by atoms with van der Waals surface area (Å²) in [5.41, 5.74) is 7.84. The van der Waals surface area contributed by atoms with Crippen molar-refractivity contribution in [2.24, 2.45) is 5.73 Å². The van der Waals surface area contributed by atoms with Gasteiger partial charge in [-0.05, 0) is 32.1 Å². The average Bonchev–Trinajstić information content (AvgIpc) is 2.33. The highest BCUT2D eigenvalue weighted by molar-refractivity contribution is 5.28. The van der Waals surface area contributed by atoms with Crippen LogP contribution in [0.25, 0.3) is 0 Å². The van der Waals surface area contributed by atoms with Crippen molar-refractivity contribution in [2.75, 3.05) is 27.2 Å². The molecule has 0 bridgehead atoms. The zero-order valence-electron chi connectivity index (χ0n) is 12.9. The first-order valence-electron chi connectivity index (χ1n) is 6.82. The SMILES string of the molecule is CN(C)CCCOc1cc(CN)cc(C(C)(C)C)n1. The Morgan fingerprint density at radius 1 is 1.26 bits per heavy atom. The fourth-order valence-corrected chi connectivity index (χ4v) is 1.69. The van der Waals surface area contributed by atoms with Gasteiger partial charge in [0, 0.05) is 24.6 Å². The first kappa shape index (κ1) is 15.9. The van der Waals surface area contributed by atoms with Crippen LogP contribution in [0.1, 0.15) is 38.4 Å². The van der Waals surface area contributed by atoms with Gasteiger partial charge in [0.2, 0.25) is 5.88 Å². The van der Waals surface area contributed by atoms with E-state index < -0.39 is 0 Å². The second kappa shape index (κ2) is 6.87. The average molecular weight is 265 g/mol. The second-order valence-corrected chi connectivity index (χ2v) is 6.16. The smallest absolute Gasteiger partial charge is 0.213 e. The van der Waals surface area contributed by atoms with Crippen molar-refractivity contribution in [2.45, 2.75) is 39.2 Å². The summed E-state index contributed by atoms with van der Waals surface area (Å²) >= 11 is 0. The second-order valence-electron chi connectivity index (χ2n) is 6.16. The molecule has 0 aliphatic rings. The van der Waals surface area contributed by atoms with Crippen molar-refractivity contribution >= 4 is 0 Å². The van der Waals surface area contributed by atoms with E-state index >= 15 is 0 Å². The Morgan fingerprint density at radius 3 is 2.47 bits per heavy atom. The minimum absolute atomic E-state index is 0.00687. The Hall–Kier alpha value is -1.13. The van der Waals surface area contributed by atoms with Gasteiger partial charge >= 0.3 is 0 Å². The van der Waals surface area contributed by atoms with Crippen molar-refractivity contribution in [1.82, 2.24) is 9.88 Å². The van der Waals surface area contributed by atoms with Gasteiger partial charge in [-0.1, -0.05) is 20.8 Å². The summed E-state index contributed by atoms with van der Waals surface area (Å²) < 4.78 is 5.74. The molecule has 4 nitrogen and oxygen atoms in total. The van der Waals surface area contributed by atoms with Crippen LogP contribution in [0.15, 0.2) is 12.1 Å². The van der Waals surface area contributed by atoms with E-state index in [0.717, 1.165) is 24.2 Å². The molecule has 1 aromatic rings. The summed E-state index contributed by atoms with van der Waals surface area (Å²) in [7, 11) is 4.12. The molecule has 0 fully saturated rings. The Balaban J connectivity index is 2.72. The Bertz CT molecular complexity index is 397. The van der Waals surface area contributed by atoms with Gasteiger partial charge in [0.25, 0.3) is 0 Å². The highest BCUT2D eigenvalue weighted by Gasteiger charge is 2.17. The fraction of sp³-hybridized carbons (Fsp3) is 0.667. The summed E-state index contributed by atoms with van der Waals surface area (Å²) in [5.74, 6) is 0.687. The van der Waals surface area contributed by atoms with E-state index in [1.54, 1.807) is 0 Å². The van der Waals surface area contributed by atoms with E-state index in [4.69, 9.17) is 10.5 Å². The van der Waals surface area contributed by atoms with Gasteiger partial charge in [0.1, 0.15) is 0 Å². The van der Waals surface area contributed by atoms with Gasteiger partial charge < -0.3 is 15.4 Å². The number of hydrogen-bond donors (Lipinski definition) is 1. The maximum absolute atomic E-state index is 5.74. The summed E-state index contributed by atoms with van der Waals surface area (Å²) in [6.45, 7) is 8.65. The van der Waals surface area contributed by atoms with Crippen molar-refractivity contribution < 1.29 is 4.74 Å². The van der Waals surface area contributed by atoms with Gasteiger partial charge in [-0.15, -0.1) is 0 Å². The lowest BCUT2D eigenvalue weighted by atomic mass is 9.91. The Morgan fingerprint density at radius 2 is 1.95 bits per heavy atom. The topological polar surface area (TPSA) is 51.4 Å². The molecule has 1 heterocycles. The number of nitrogens with two attached hydrogens (primary N) is 1. The summed E-state index contributed by atoms with van der Waals surface area (Å²) in [6.07, 6.45) is 0.992. The lowest BCUT2D eigenvalue weighted by Crippen LogP contribution is -2.17. The fourth-order valence-electron chi connectivity index (χ4n) is 1.69. The number of hydrogen-bond acceptors (Lipinski definition) is 4. The predicted octanol–water partition coefficient (Wildman–Crippen LogP) is 2.17. The number of ether oxygens (including phenoxy) is 1. The normalized spacial score (nSPS) is 11.9. The highest BCUT2D eigenvalue weighted by Crippen LogP contribution is 2.24. The van der Waals surface area contributed by atoms with Crippen LogP contribution in [-0.4, -0.2) is 37.1 Å². The molecule has 0 atom stereocenters. The van der Waals surface area contributed by atoms with Crippen molar-refractivity contribution in [3.8, 4) is 5.88 Å². The summed E-state index contributed by atoms with van der Waals surface area (Å²) in [6, 6.07) is 4.00. The molecule has 4 heteroatoms. The van der Waals surface area contributed by atoms with Crippen LogP contribution in [0, 0.1) is 0 Å². The molecule has 0 aromatic carbocycles. The molecule has 0 radical (unpaired) electrons. The molecule has 19 heavy (non-hydrogen) atoms. The van der Waals surface area contributed by atoms with Crippen LogP contribution in [0.5, 0.6) is 5.88 Å². The van der Waals surface area contributed by atoms with E-state index in [1.165, 1.54) is 0 Å². The van der Waals surface area contributed by atoms with E-state index in [9.17, 15) is 0 Å². The van der Waals surface area contributed by atoms with E-state index in [0.29, 0.717) is 19.0 Å². The van der Waals surface area contributed by atoms with Gasteiger partial charge in [-0.2, -0.15) is 0 Å². The lowest BCUT2D eigenvalue weighted by Gasteiger charge is -2.20. The van der Waals surface area contributed by atoms with Crippen molar-refractivity contribution in [3.05, 3.63) is 23.4 Å². The zero-order valence-corrected chi connectivity index (χ0v) is 12.9. The molecule has 0 unspecified atom stereocenters. The van der Waals surface area contributed by atoms with Crippen LogP contribution in [0.3, 0.4) is 0 Å². The molecule has 108 valence electrons. The van der Waals surface area contributed by atoms with E-state index in [2.05, 4.69) is 50.8 Å². The van der Waals surface area contributed by atoms with Gasteiger partial charge in [-0.3, -0.25) is 0 Å². The third-order valence-electron chi connectivity index (χ3n) is 2.87. The highest BCUT2D eigenvalue weighted by atomic mass is 16.5. The third-order valence-corrected chi connectivity index (χ3v) is 2.87. The molecule has 1 aromatic heterocycles. The van der Waals surface area contributed by atoms with Crippen LogP contribution >= 0.6 is 0 Å². The molecule has 0 aliphatic carbocycles. The molecule has 0 amide bonds. The quantitative estimate of drug-likeness (QED) is 0.801. The van der Waals surface area contributed by atoms with Crippen molar-refractivity contribution in [1.29, 1.82) is 0 Å². The van der Waals surface area contributed by atoms with E-state index in [1.807, 2.05) is 6.07 Å². The van der Waals surface area contributed by atoms with Gasteiger partial charge in [0.05, 0.1) is 12.3 Å². The minimum atomic E-state index is 0.00687. The molecular formula is C15H27N3O. The van der Waals surface area contributed by atoms with Crippen LogP contribution in [-0.2, 0) is 12.0 Å². The molecule has 0 saturated heterocycles. The lowest BCUT2D eigenvalue weighted by molar-refractivity contribution is 0.271. The Labute approximate surface area is 117 Å². The summed E-state index contributed by atoms with van der Waals surface area (Å²) in [4.78, 5) is 6.72. The monoisotopic (exact) mass is 265 g/mol. The Kier molecular flexibility index (Phi) is 5.76. The molecular weight excluding hydrogens is 238 g/mol. The molecule has 0 aliphatic heterocycles. The van der Waals surface area contributed by atoms with Gasteiger partial charge in [-0.25, -0.2) is 4.98 Å². The molecule has 1 rings (SSSR count). The van der Waals surface area contributed by atoms with Crippen LogP contribution in [0.2, 0.25) is 0 Å². The standard InChI is InChI=1S/C15H27N3O/c1-15(2,3)13-9-12(11-16)10-14(17-13)19-8-6-7-18(4)5/h9-10H,6-8,11,16H2,1-5H3. The predicted molar refractivity (Wildman–Crippen MR) is 79.5 cm³/mol. The van der Waals surface area contributed by atoms with E-state index in [-0.39, 0.29) is 5.41 Å². The molecule has 0 saturated carbocycles. The largest absolute Gasteiger partial charge is 0.478 e. The summed E-state index contributed by atoms with van der Waals surface area (Å²) in [5, 5.41) is 0. The molecule has 2 N–H and O–H groups in total. The molecule has 0 spiro atoms. The van der Waals surface area contributed by atoms with Crippen LogP contribution < -0.4 is 10.5 Å². The zero-order chi connectivity index (χ0) is 14.5. The number of rotatable bonds is 6. The third kappa shape index (κ3) is 5.57. The number of nitrogens with zero attached hydrogens (tertiary/aromatic N) is 2. The van der Waals surface area contributed by atoms with Crippen LogP contribution in [0.4, 0.5) is 0 Å². The maximum Gasteiger partial charge on any atom is 0.213 e. The van der Waals surface area contributed by atoms with Crippen molar-refractivity contribution in [3.63, 3.8) is 0 Å². The maximum atomic E-state index is 5.74. The number of aromatic nitrogens is 1. The first-order valence-corrected chi connectivity index (χ1v) is 6.82. The first-order chi connectivity index (χ1) is 8.82. The minimum Gasteiger partial charge on any atom is -0.478 e. The van der Waals surface area contributed by atoms with Gasteiger partial charge in [0.15, 0.2) is 0 Å².